The quantitative estimate of drug-likeness (QED) is 0.194. The van der Waals surface area contributed by atoms with Crippen molar-refractivity contribution in [2.24, 2.45) is 29.6 Å². The van der Waals surface area contributed by atoms with Gasteiger partial charge >= 0.3 is 5.97 Å². The number of ketones is 3. The normalized spacial score (nSPS) is 38.5. The van der Waals surface area contributed by atoms with Crippen LogP contribution in [0.25, 0.3) is 0 Å². The number of amides is 1. The fraction of sp³-hybridized carbons (Fsp3) is 0.698. The number of allylic oxidation sites excluding steroid dienone is 7. The standard InChI is InChI=1S/C43H65NO10/c1-26(2)36-25-35(45)29(5)24-31(7)38(47)39(52-9)37(46)30(6)23-28(4)16-12-10-11-15-27(3)18-20-33-21-19-32(8)43(51,54-33)40(48)41(49)44-22-14-13-17-34(44)42(50)53-36/h10-12,15-16,24,26,28-30,32-34,36,38-39,47,51H,13-14,17-23,25H2,1-9H3/b11-10+,16-12+,27-15+,31-24+/t28-,29-,30-,32-,33-,34+,36+,38-,39+,43-/m1/s1. The van der Waals surface area contributed by atoms with Crippen LogP contribution in [0.3, 0.4) is 0 Å². The molecule has 3 heterocycles. The van der Waals surface area contributed by atoms with Crippen LogP contribution in [0.15, 0.2) is 47.6 Å². The van der Waals surface area contributed by atoms with Crippen molar-refractivity contribution >= 4 is 29.2 Å². The molecule has 3 aliphatic rings. The lowest BCUT2D eigenvalue weighted by atomic mass is 9.85. The van der Waals surface area contributed by atoms with E-state index in [0.717, 1.165) is 5.57 Å². The predicted octanol–water partition coefficient (Wildman–Crippen LogP) is 6.01. The van der Waals surface area contributed by atoms with Gasteiger partial charge < -0.3 is 29.3 Å². The molecule has 54 heavy (non-hydrogen) atoms. The zero-order chi connectivity index (χ0) is 40.3. The number of rotatable bonds is 2. The average Bonchev–Trinajstić information content (AvgIpc) is 3.13. The van der Waals surface area contributed by atoms with Crippen LogP contribution >= 0.6 is 0 Å². The van der Waals surface area contributed by atoms with E-state index >= 15 is 0 Å². The van der Waals surface area contributed by atoms with E-state index in [2.05, 4.69) is 0 Å². The van der Waals surface area contributed by atoms with Gasteiger partial charge in [-0.2, -0.15) is 0 Å². The number of nitrogens with zero attached hydrogens (tertiary/aromatic N) is 1. The van der Waals surface area contributed by atoms with Crippen molar-refractivity contribution in [2.75, 3.05) is 13.7 Å². The van der Waals surface area contributed by atoms with Crippen LogP contribution in [0.2, 0.25) is 0 Å². The fourth-order valence-electron chi connectivity index (χ4n) is 7.54. The summed E-state index contributed by atoms with van der Waals surface area (Å²) in [5.74, 6) is -7.44. The fourth-order valence-corrected chi connectivity index (χ4v) is 7.54. The lowest BCUT2D eigenvalue weighted by Gasteiger charge is -2.42. The number of methoxy groups -OCH3 is 1. The monoisotopic (exact) mass is 755 g/mol. The summed E-state index contributed by atoms with van der Waals surface area (Å²) in [7, 11) is 1.38. The first-order valence-corrected chi connectivity index (χ1v) is 19.8. The summed E-state index contributed by atoms with van der Waals surface area (Å²) in [6.07, 6.45) is 12.0. The number of hydrogen-bond acceptors (Lipinski definition) is 10. The second kappa shape index (κ2) is 20.6. The van der Waals surface area contributed by atoms with Crippen LogP contribution in [0, 0.1) is 29.6 Å². The van der Waals surface area contributed by atoms with Gasteiger partial charge in [-0.3, -0.25) is 19.2 Å². The molecule has 302 valence electrons. The van der Waals surface area contributed by atoms with E-state index in [4.69, 9.17) is 14.2 Å². The van der Waals surface area contributed by atoms with E-state index in [-0.39, 0.29) is 42.8 Å². The minimum atomic E-state index is -2.32. The van der Waals surface area contributed by atoms with Crippen molar-refractivity contribution in [3.05, 3.63) is 47.6 Å². The Morgan fingerprint density at radius 2 is 1.65 bits per heavy atom. The summed E-state index contributed by atoms with van der Waals surface area (Å²) >= 11 is 0. The molecule has 0 aromatic carbocycles. The number of esters is 1. The number of piperidine rings is 1. The number of aliphatic hydroxyl groups excluding tert-OH is 1. The van der Waals surface area contributed by atoms with Gasteiger partial charge in [-0.1, -0.05) is 83.6 Å². The highest BCUT2D eigenvalue weighted by Crippen LogP contribution is 2.36. The molecule has 0 aliphatic carbocycles. The van der Waals surface area contributed by atoms with Crippen LogP contribution in [-0.2, 0) is 38.2 Å². The van der Waals surface area contributed by atoms with E-state index in [0.29, 0.717) is 50.5 Å². The van der Waals surface area contributed by atoms with Gasteiger partial charge in [-0.25, -0.2) is 4.79 Å². The zero-order valence-electron chi connectivity index (χ0n) is 33.9. The Morgan fingerprint density at radius 1 is 0.944 bits per heavy atom. The molecule has 0 radical (unpaired) electrons. The third-order valence-electron chi connectivity index (χ3n) is 11.3. The Labute approximate surface area is 322 Å². The van der Waals surface area contributed by atoms with Crippen molar-refractivity contribution in [3.8, 4) is 0 Å². The maximum atomic E-state index is 13.8. The number of ether oxygens (including phenoxy) is 3. The molecule has 0 spiro atoms. The van der Waals surface area contributed by atoms with Gasteiger partial charge in [-0.15, -0.1) is 0 Å². The van der Waals surface area contributed by atoms with Gasteiger partial charge in [-0.05, 0) is 82.6 Å². The maximum absolute atomic E-state index is 13.8. The van der Waals surface area contributed by atoms with Gasteiger partial charge in [0, 0.05) is 37.8 Å². The van der Waals surface area contributed by atoms with Crippen LogP contribution < -0.4 is 0 Å². The highest BCUT2D eigenvalue weighted by Gasteiger charge is 2.52. The van der Waals surface area contributed by atoms with Crippen LogP contribution in [0.4, 0.5) is 0 Å². The molecule has 2 saturated heterocycles. The summed E-state index contributed by atoms with van der Waals surface area (Å²) in [5.41, 5.74) is 1.49. The largest absolute Gasteiger partial charge is 0.460 e. The molecule has 2 fully saturated rings. The molecule has 11 heteroatoms. The zero-order valence-corrected chi connectivity index (χ0v) is 33.9. The van der Waals surface area contributed by atoms with E-state index in [1.54, 1.807) is 26.8 Å². The number of Topliss-reactive ketones (excluding diaryl/α,β-unsaturated/α-hetero) is 3. The number of hydrogen-bond donors (Lipinski definition) is 2. The summed E-state index contributed by atoms with van der Waals surface area (Å²) in [4.78, 5) is 69.5. The second-order valence-electron chi connectivity index (χ2n) is 16.3. The molecule has 11 nitrogen and oxygen atoms in total. The Balaban J connectivity index is 1.94. The molecule has 0 unspecified atom stereocenters. The van der Waals surface area contributed by atoms with Gasteiger partial charge in [0.15, 0.2) is 5.78 Å². The number of carbonyl (C=O) groups is 5. The van der Waals surface area contributed by atoms with Crippen molar-refractivity contribution in [1.82, 2.24) is 4.90 Å². The second-order valence-corrected chi connectivity index (χ2v) is 16.3. The van der Waals surface area contributed by atoms with Crippen LogP contribution in [-0.4, -0.2) is 94.2 Å². The van der Waals surface area contributed by atoms with Gasteiger partial charge in [0.1, 0.15) is 30.1 Å². The van der Waals surface area contributed by atoms with E-state index in [1.807, 2.05) is 65.0 Å². The third kappa shape index (κ3) is 11.9. The van der Waals surface area contributed by atoms with Crippen LogP contribution in [0.1, 0.15) is 113 Å². The average molecular weight is 756 g/mol. The smallest absolute Gasteiger partial charge is 0.329 e. The summed E-state index contributed by atoms with van der Waals surface area (Å²) in [5, 5.41) is 22.8. The molecule has 0 aromatic heterocycles. The minimum absolute atomic E-state index is 0.0709. The number of cyclic esters (lactones) is 1. The number of aliphatic hydroxyl groups is 2. The lowest BCUT2D eigenvalue weighted by molar-refractivity contribution is -0.263. The Kier molecular flexibility index (Phi) is 17.2. The molecule has 2 N–H and O–H groups in total. The molecular formula is C43H65NO10. The minimum Gasteiger partial charge on any atom is -0.460 e. The first kappa shape index (κ1) is 45.1. The lowest BCUT2D eigenvalue weighted by Crippen LogP contribution is -2.60. The van der Waals surface area contributed by atoms with E-state index < -0.39 is 71.7 Å². The van der Waals surface area contributed by atoms with Crippen molar-refractivity contribution in [3.63, 3.8) is 0 Å². The molecule has 2 bridgehead atoms. The molecular weight excluding hydrogens is 690 g/mol. The Bertz CT molecular complexity index is 1460. The van der Waals surface area contributed by atoms with Gasteiger partial charge in [0.05, 0.1) is 6.10 Å². The highest BCUT2D eigenvalue weighted by atomic mass is 16.6. The first-order valence-electron chi connectivity index (χ1n) is 19.8. The topological polar surface area (TPSA) is 157 Å². The number of fused-ring (bicyclic) bond motifs is 3. The summed E-state index contributed by atoms with van der Waals surface area (Å²) < 4.78 is 17.4. The molecule has 3 aliphatic heterocycles. The summed E-state index contributed by atoms with van der Waals surface area (Å²) in [6.45, 7) is 14.6. The summed E-state index contributed by atoms with van der Waals surface area (Å²) in [6, 6.07) is -1.06. The van der Waals surface area contributed by atoms with Gasteiger partial charge in [0.2, 0.25) is 5.79 Å². The SMILES string of the molecule is CO[C@H]1C(=O)[C@H](C)C[C@H](C)/C=C/C=C/C=C(\C)CC[C@@H]2CC[C@@H](C)[C@@](O)(O2)C(=O)C(=O)N2CCCC[C@H]2C(=O)O[C@H](C(C)C)CC(=O)[C@H](C)/C=C(\C)[C@H]1O. The molecule has 10 atom stereocenters. The maximum Gasteiger partial charge on any atom is 0.329 e. The van der Waals surface area contributed by atoms with Crippen LogP contribution in [0.5, 0.6) is 0 Å². The predicted molar refractivity (Wildman–Crippen MR) is 206 cm³/mol. The van der Waals surface area contributed by atoms with E-state index in [9.17, 15) is 34.2 Å². The van der Waals surface area contributed by atoms with Gasteiger partial charge in [0.25, 0.3) is 11.7 Å². The third-order valence-corrected chi connectivity index (χ3v) is 11.3. The van der Waals surface area contributed by atoms with Crippen molar-refractivity contribution < 1.29 is 48.4 Å². The number of carbonyl (C=O) groups excluding carboxylic acids is 5. The first-order chi connectivity index (χ1) is 25.4. The van der Waals surface area contributed by atoms with Crippen molar-refractivity contribution in [2.45, 2.75) is 149 Å². The Hall–Kier alpha value is -3.25. The highest BCUT2D eigenvalue weighted by molar-refractivity contribution is 6.39. The molecule has 0 aromatic rings. The molecule has 0 saturated carbocycles. The van der Waals surface area contributed by atoms with Crippen molar-refractivity contribution in [1.29, 1.82) is 0 Å². The van der Waals surface area contributed by atoms with E-state index in [1.165, 1.54) is 12.0 Å². The Morgan fingerprint density at radius 3 is 2.31 bits per heavy atom. The molecule has 3 rings (SSSR count). The molecule has 1 amide bonds.